The third-order valence-electron chi connectivity index (χ3n) is 5.88. The standard InChI is InChI=1S/C21H24F2N4O3S/c22-17-4-5-18(23)19(15-17)31(29,30)27-9-6-16(7-10-27)21(28)26-13-11-25(12-14-26)20-3-1-2-8-24-20/h1-5,8,15-16H,6-7,9-14H2. The van der Waals surface area contributed by atoms with Crippen LogP contribution < -0.4 is 4.90 Å². The molecule has 0 atom stereocenters. The molecule has 0 N–H and O–H groups in total. The molecule has 2 aromatic rings. The van der Waals surface area contributed by atoms with Crippen LogP contribution in [0.2, 0.25) is 0 Å². The van der Waals surface area contributed by atoms with Crippen LogP contribution in [0.15, 0.2) is 47.5 Å². The van der Waals surface area contributed by atoms with Gasteiger partial charge in [-0.15, -0.1) is 0 Å². The van der Waals surface area contributed by atoms with Gasteiger partial charge in [-0.05, 0) is 43.2 Å². The topological polar surface area (TPSA) is 73.8 Å². The molecule has 0 aliphatic carbocycles. The van der Waals surface area contributed by atoms with Crippen LogP contribution in [-0.2, 0) is 14.8 Å². The maximum Gasteiger partial charge on any atom is 0.246 e. The summed E-state index contributed by atoms with van der Waals surface area (Å²) in [5, 5.41) is 0. The number of anilines is 1. The first-order valence-corrected chi connectivity index (χ1v) is 11.7. The maximum absolute atomic E-state index is 14.0. The number of carbonyl (C=O) groups is 1. The van der Waals surface area contributed by atoms with E-state index >= 15 is 0 Å². The van der Waals surface area contributed by atoms with Crippen molar-refractivity contribution in [1.29, 1.82) is 0 Å². The number of pyridine rings is 1. The van der Waals surface area contributed by atoms with Crippen LogP contribution in [0.25, 0.3) is 0 Å². The van der Waals surface area contributed by atoms with Gasteiger partial charge < -0.3 is 9.80 Å². The summed E-state index contributed by atoms with van der Waals surface area (Å²) in [7, 11) is -4.15. The number of carbonyl (C=O) groups excluding carboxylic acids is 1. The summed E-state index contributed by atoms with van der Waals surface area (Å²) in [6, 6.07) is 8.12. The van der Waals surface area contributed by atoms with Crippen LogP contribution >= 0.6 is 0 Å². The van der Waals surface area contributed by atoms with Crippen molar-refractivity contribution >= 4 is 21.7 Å². The van der Waals surface area contributed by atoms with Crippen molar-refractivity contribution in [1.82, 2.24) is 14.2 Å². The van der Waals surface area contributed by atoms with Gasteiger partial charge in [-0.2, -0.15) is 4.31 Å². The number of amides is 1. The Bertz CT molecular complexity index is 1040. The van der Waals surface area contributed by atoms with Crippen LogP contribution in [0, 0.1) is 17.6 Å². The highest BCUT2D eigenvalue weighted by molar-refractivity contribution is 7.89. The lowest BCUT2D eigenvalue weighted by Gasteiger charge is -2.38. The lowest BCUT2D eigenvalue weighted by molar-refractivity contribution is -0.137. The molecule has 4 rings (SSSR count). The average Bonchev–Trinajstić information content (AvgIpc) is 2.81. The van der Waals surface area contributed by atoms with Gasteiger partial charge in [0.2, 0.25) is 15.9 Å². The van der Waals surface area contributed by atoms with E-state index in [2.05, 4.69) is 9.88 Å². The van der Waals surface area contributed by atoms with E-state index in [-0.39, 0.29) is 24.9 Å². The Kier molecular flexibility index (Phi) is 6.19. The molecule has 31 heavy (non-hydrogen) atoms. The molecule has 3 heterocycles. The van der Waals surface area contributed by atoms with Gasteiger partial charge in [-0.25, -0.2) is 22.2 Å². The summed E-state index contributed by atoms with van der Waals surface area (Å²) in [5.74, 6) is -1.15. The normalized spacial score (nSPS) is 18.9. The molecule has 0 bridgehead atoms. The van der Waals surface area contributed by atoms with Gasteiger partial charge in [0.1, 0.15) is 22.3 Å². The van der Waals surface area contributed by atoms with E-state index < -0.39 is 26.6 Å². The summed E-state index contributed by atoms with van der Waals surface area (Å²) in [4.78, 5) is 20.6. The van der Waals surface area contributed by atoms with Crippen molar-refractivity contribution in [3.8, 4) is 0 Å². The fraction of sp³-hybridized carbons (Fsp3) is 0.429. The number of rotatable bonds is 4. The van der Waals surface area contributed by atoms with Crippen molar-refractivity contribution in [2.24, 2.45) is 5.92 Å². The molecule has 2 saturated heterocycles. The highest BCUT2D eigenvalue weighted by atomic mass is 32.2. The van der Waals surface area contributed by atoms with E-state index in [0.717, 1.165) is 22.3 Å². The third kappa shape index (κ3) is 4.54. The zero-order chi connectivity index (χ0) is 22.0. The van der Waals surface area contributed by atoms with Gasteiger partial charge in [-0.1, -0.05) is 6.07 Å². The Morgan fingerprint density at radius 2 is 1.68 bits per heavy atom. The number of nitrogens with zero attached hydrogens (tertiary/aromatic N) is 4. The van der Waals surface area contributed by atoms with Crippen molar-refractivity contribution in [3.05, 3.63) is 54.2 Å². The summed E-state index contributed by atoms with van der Waals surface area (Å²) < 4.78 is 54.0. The molecule has 1 aromatic carbocycles. The third-order valence-corrected chi connectivity index (χ3v) is 7.79. The first-order chi connectivity index (χ1) is 14.9. The Balaban J connectivity index is 1.34. The van der Waals surface area contributed by atoms with E-state index in [4.69, 9.17) is 0 Å². The molecule has 166 valence electrons. The van der Waals surface area contributed by atoms with Gasteiger partial charge in [-0.3, -0.25) is 4.79 Å². The minimum Gasteiger partial charge on any atom is -0.353 e. The number of hydrogen-bond acceptors (Lipinski definition) is 5. The quantitative estimate of drug-likeness (QED) is 0.714. The van der Waals surface area contributed by atoms with Crippen LogP contribution in [0.3, 0.4) is 0 Å². The van der Waals surface area contributed by atoms with Crippen molar-refractivity contribution in [2.45, 2.75) is 17.7 Å². The first kappa shape index (κ1) is 21.6. The Morgan fingerprint density at radius 3 is 2.32 bits per heavy atom. The molecule has 2 aliphatic rings. The zero-order valence-corrected chi connectivity index (χ0v) is 17.8. The van der Waals surface area contributed by atoms with Gasteiger partial charge >= 0.3 is 0 Å². The fourth-order valence-electron chi connectivity index (χ4n) is 4.11. The molecule has 0 unspecified atom stereocenters. The molecule has 0 radical (unpaired) electrons. The summed E-state index contributed by atoms with van der Waals surface area (Å²) in [5.41, 5.74) is 0. The molecular weight excluding hydrogens is 426 g/mol. The minimum atomic E-state index is -4.15. The molecule has 0 saturated carbocycles. The van der Waals surface area contributed by atoms with Crippen molar-refractivity contribution in [3.63, 3.8) is 0 Å². The lowest BCUT2D eigenvalue weighted by atomic mass is 9.96. The van der Waals surface area contributed by atoms with Crippen LogP contribution in [-0.4, -0.2) is 67.8 Å². The van der Waals surface area contributed by atoms with Crippen molar-refractivity contribution < 1.29 is 22.0 Å². The smallest absolute Gasteiger partial charge is 0.246 e. The molecule has 7 nitrogen and oxygen atoms in total. The van der Waals surface area contributed by atoms with Crippen LogP contribution in [0.5, 0.6) is 0 Å². The van der Waals surface area contributed by atoms with Crippen LogP contribution in [0.1, 0.15) is 12.8 Å². The van der Waals surface area contributed by atoms with E-state index in [0.29, 0.717) is 45.1 Å². The number of piperazine rings is 1. The molecular formula is C21H24F2N4O3S. The Morgan fingerprint density at radius 1 is 0.968 bits per heavy atom. The number of hydrogen-bond donors (Lipinski definition) is 0. The van der Waals surface area contributed by atoms with E-state index in [1.165, 1.54) is 0 Å². The number of aromatic nitrogens is 1. The second kappa shape index (κ2) is 8.88. The van der Waals surface area contributed by atoms with Gasteiger partial charge in [0.05, 0.1) is 0 Å². The minimum absolute atomic E-state index is 0.0228. The molecule has 0 spiro atoms. The predicted molar refractivity (Wildman–Crippen MR) is 111 cm³/mol. The molecule has 2 aliphatic heterocycles. The largest absolute Gasteiger partial charge is 0.353 e. The summed E-state index contributed by atoms with van der Waals surface area (Å²) >= 11 is 0. The second-order valence-electron chi connectivity index (χ2n) is 7.75. The van der Waals surface area contributed by atoms with Gasteiger partial charge in [0.15, 0.2) is 0 Å². The summed E-state index contributed by atoms with van der Waals surface area (Å²) in [6.45, 7) is 2.75. The zero-order valence-electron chi connectivity index (χ0n) is 17.0. The van der Waals surface area contributed by atoms with Gasteiger partial charge in [0.25, 0.3) is 0 Å². The number of benzene rings is 1. The number of sulfonamides is 1. The number of halogens is 2. The molecule has 1 amide bonds. The molecule has 1 aromatic heterocycles. The first-order valence-electron chi connectivity index (χ1n) is 10.3. The highest BCUT2D eigenvalue weighted by Crippen LogP contribution is 2.27. The highest BCUT2D eigenvalue weighted by Gasteiger charge is 2.35. The lowest BCUT2D eigenvalue weighted by Crippen LogP contribution is -2.52. The van der Waals surface area contributed by atoms with Gasteiger partial charge in [0, 0.05) is 51.4 Å². The fourth-order valence-corrected chi connectivity index (χ4v) is 5.66. The number of piperidine rings is 1. The van der Waals surface area contributed by atoms with E-state index in [9.17, 15) is 22.0 Å². The Hall–Kier alpha value is -2.59. The average molecular weight is 451 g/mol. The maximum atomic E-state index is 14.0. The second-order valence-corrected chi connectivity index (χ2v) is 9.66. The molecule has 10 heteroatoms. The monoisotopic (exact) mass is 450 g/mol. The SMILES string of the molecule is O=C(C1CCN(S(=O)(=O)c2cc(F)ccc2F)CC1)N1CCN(c2ccccn2)CC1. The Labute approximate surface area is 180 Å². The summed E-state index contributed by atoms with van der Waals surface area (Å²) in [6.07, 6.45) is 2.45. The van der Waals surface area contributed by atoms with Crippen molar-refractivity contribution in [2.75, 3.05) is 44.2 Å². The molecule has 2 fully saturated rings. The van der Waals surface area contributed by atoms with E-state index in [1.54, 1.807) is 6.20 Å². The van der Waals surface area contributed by atoms with E-state index in [1.807, 2.05) is 23.1 Å². The van der Waals surface area contributed by atoms with Crippen LogP contribution in [0.4, 0.5) is 14.6 Å². The predicted octanol–water partition coefficient (Wildman–Crippen LogP) is 2.11.